The number of Topliss-reactive ketones (excluding diaryl/α,β-unsaturated/α-hetero) is 1. The molecule has 1 atom stereocenters. The summed E-state index contributed by atoms with van der Waals surface area (Å²) in [6.45, 7) is 4.18. The highest BCUT2D eigenvalue weighted by atomic mass is 16.5. The predicted molar refractivity (Wildman–Crippen MR) is 67.2 cm³/mol. The molecule has 0 amide bonds. The maximum Gasteiger partial charge on any atom is 0.193 e. The second-order valence-electron chi connectivity index (χ2n) is 3.84. The fourth-order valence-electron chi connectivity index (χ4n) is 1.85. The molecule has 0 bridgehead atoms. The molecule has 1 heterocycles. The van der Waals surface area contributed by atoms with Crippen molar-refractivity contribution in [2.24, 2.45) is 0 Å². The van der Waals surface area contributed by atoms with Gasteiger partial charge in [0.1, 0.15) is 6.10 Å². The van der Waals surface area contributed by atoms with E-state index >= 15 is 0 Å². The summed E-state index contributed by atoms with van der Waals surface area (Å²) in [6.07, 6.45) is 1.28. The first-order valence-corrected chi connectivity index (χ1v) is 5.73. The smallest absolute Gasteiger partial charge is 0.193 e. The molecule has 3 nitrogen and oxygen atoms in total. The van der Waals surface area contributed by atoms with Gasteiger partial charge in [-0.05, 0) is 26.0 Å². The molecule has 0 saturated heterocycles. The maximum atomic E-state index is 12.2. The number of hydrogen-bond donors (Lipinski definition) is 0. The van der Waals surface area contributed by atoms with Crippen molar-refractivity contribution >= 4 is 16.7 Å². The number of benzene rings is 1. The second-order valence-corrected chi connectivity index (χ2v) is 3.84. The Balaban J connectivity index is 2.45. The lowest BCUT2D eigenvalue weighted by Gasteiger charge is -2.11. The topological polar surface area (TPSA) is 39.2 Å². The van der Waals surface area contributed by atoms with Crippen LogP contribution in [0.1, 0.15) is 24.2 Å². The van der Waals surface area contributed by atoms with Gasteiger partial charge < -0.3 is 4.74 Å². The minimum Gasteiger partial charge on any atom is -0.371 e. The van der Waals surface area contributed by atoms with Crippen molar-refractivity contribution in [3.05, 3.63) is 42.1 Å². The zero-order valence-corrected chi connectivity index (χ0v) is 10.0. The summed E-state index contributed by atoms with van der Waals surface area (Å²) in [7, 11) is 0. The molecule has 2 rings (SSSR count). The van der Waals surface area contributed by atoms with E-state index in [1.165, 1.54) is 0 Å². The van der Waals surface area contributed by atoms with E-state index in [1.807, 2.05) is 31.2 Å². The molecule has 0 aliphatic rings. The molecule has 0 N–H and O–H groups in total. The number of hydrogen-bond acceptors (Lipinski definition) is 3. The molecule has 3 heteroatoms. The van der Waals surface area contributed by atoms with Crippen LogP contribution in [0.5, 0.6) is 0 Å². The molecule has 88 valence electrons. The Morgan fingerprint density at radius 2 is 2.12 bits per heavy atom. The normalized spacial score (nSPS) is 12.6. The Bertz CT molecular complexity index is 531. The van der Waals surface area contributed by atoms with E-state index in [0.29, 0.717) is 12.2 Å². The minimum absolute atomic E-state index is 0.0175. The Morgan fingerprint density at radius 1 is 1.35 bits per heavy atom. The van der Waals surface area contributed by atoms with Crippen LogP contribution in [0.15, 0.2) is 36.5 Å². The van der Waals surface area contributed by atoms with Gasteiger partial charge in [-0.3, -0.25) is 9.78 Å². The fraction of sp³-hybridized carbons (Fsp3) is 0.286. The highest BCUT2D eigenvalue weighted by Gasteiger charge is 2.17. The van der Waals surface area contributed by atoms with Crippen molar-refractivity contribution in [2.45, 2.75) is 20.0 Å². The van der Waals surface area contributed by atoms with E-state index in [2.05, 4.69) is 4.98 Å². The molecule has 1 aromatic carbocycles. The zero-order chi connectivity index (χ0) is 12.3. The Labute approximate surface area is 100 Å². The zero-order valence-electron chi connectivity index (χ0n) is 10.0. The summed E-state index contributed by atoms with van der Waals surface area (Å²) in [5, 5.41) is 0.974. The average Bonchev–Trinajstić information content (AvgIpc) is 2.37. The highest BCUT2D eigenvalue weighted by Crippen LogP contribution is 2.18. The molecule has 0 radical (unpaired) electrons. The van der Waals surface area contributed by atoms with Crippen LogP contribution in [-0.2, 0) is 4.74 Å². The highest BCUT2D eigenvalue weighted by molar-refractivity contribution is 6.08. The van der Waals surface area contributed by atoms with Crippen molar-refractivity contribution in [2.75, 3.05) is 6.61 Å². The minimum atomic E-state index is -0.424. The number of aromatic nitrogens is 1. The summed E-state index contributed by atoms with van der Waals surface area (Å²) < 4.78 is 5.33. The van der Waals surface area contributed by atoms with Crippen LogP contribution in [0.25, 0.3) is 10.9 Å². The molecule has 1 aromatic heterocycles. The van der Waals surface area contributed by atoms with Gasteiger partial charge in [-0.2, -0.15) is 0 Å². The molecular formula is C14H15NO2. The standard InChI is InChI=1S/C14H15NO2/c1-3-17-10(2)14(16)12-8-4-6-11-7-5-9-15-13(11)12/h4-10H,3H2,1-2H3. The van der Waals surface area contributed by atoms with Crippen molar-refractivity contribution in [1.82, 2.24) is 4.98 Å². The van der Waals surface area contributed by atoms with E-state index < -0.39 is 6.10 Å². The second kappa shape index (κ2) is 5.06. The van der Waals surface area contributed by atoms with E-state index in [4.69, 9.17) is 4.74 Å². The van der Waals surface area contributed by atoms with Crippen LogP contribution in [0.4, 0.5) is 0 Å². The van der Waals surface area contributed by atoms with E-state index in [9.17, 15) is 4.79 Å². The summed E-state index contributed by atoms with van der Waals surface area (Å²) in [5.41, 5.74) is 1.37. The number of fused-ring (bicyclic) bond motifs is 1. The molecule has 0 aliphatic heterocycles. The fourth-order valence-corrected chi connectivity index (χ4v) is 1.85. The van der Waals surface area contributed by atoms with Crippen molar-refractivity contribution in [1.29, 1.82) is 0 Å². The molecule has 0 aliphatic carbocycles. The lowest BCUT2D eigenvalue weighted by Crippen LogP contribution is -2.21. The largest absolute Gasteiger partial charge is 0.371 e. The van der Waals surface area contributed by atoms with Gasteiger partial charge in [0, 0.05) is 23.8 Å². The predicted octanol–water partition coefficient (Wildman–Crippen LogP) is 2.84. The van der Waals surface area contributed by atoms with Crippen molar-refractivity contribution in [3.63, 3.8) is 0 Å². The van der Waals surface area contributed by atoms with Crippen molar-refractivity contribution < 1.29 is 9.53 Å². The first-order valence-electron chi connectivity index (χ1n) is 5.73. The number of pyridine rings is 1. The molecule has 0 fully saturated rings. The van der Waals surface area contributed by atoms with Crippen LogP contribution < -0.4 is 0 Å². The van der Waals surface area contributed by atoms with Gasteiger partial charge in [-0.15, -0.1) is 0 Å². The van der Waals surface area contributed by atoms with Gasteiger partial charge in [-0.1, -0.05) is 18.2 Å². The number of rotatable bonds is 4. The third-order valence-corrected chi connectivity index (χ3v) is 2.68. The maximum absolute atomic E-state index is 12.2. The number of para-hydroxylation sites is 1. The number of carbonyl (C=O) groups is 1. The van der Waals surface area contributed by atoms with Gasteiger partial charge in [-0.25, -0.2) is 0 Å². The average molecular weight is 229 g/mol. The Morgan fingerprint density at radius 3 is 2.88 bits per heavy atom. The first kappa shape index (κ1) is 11.7. The van der Waals surface area contributed by atoms with Gasteiger partial charge in [0.05, 0.1) is 5.52 Å². The first-order chi connectivity index (χ1) is 8.24. The van der Waals surface area contributed by atoms with E-state index in [0.717, 1.165) is 10.9 Å². The molecule has 17 heavy (non-hydrogen) atoms. The van der Waals surface area contributed by atoms with Gasteiger partial charge in [0.15, 0.2) is 5.78 Å². The molecular weight excluding hydrogens is 214 g/mol. The number of ether oxygens (including phenoxy) is 1. The van der Waals surface area contributed by atoms with Gasteiger partial charge >= 0.3 is 0 Å². The lowest BCUT2D eigenvalue weighted by atomic mass is 10.0. The van der Waals surface area contributed by atoms with Crippen LogP contribution in [0.2, 0.25) is 0 Å². The van der Waals surface area contributed by atoms with Gasteiger partial charge in [0.25, 0.3) is 0 Å². The third-order valence-electron chi connectivity index (χ3n) is 2.68. The number of ketones is 1. The summed E-state index contributed by atoms with van der Waals surface area (Å²) in [6, 6.07) is 9.43. The van der Waals surface area contributed by atoms with E-state index in [1.54, 1.807) is 19.2 Å². The van der Waals surface area contributed by atoms with Crippen LogP contribution in [0, 0.1) is 0 Å². The van der Waals surface area contributed by atoms with Crippen LogP contribution >= 0.6 is 0 Å². The molecule has 1 unspecified atom stereocenters. The molecule has 0 saturated carbocycles. The van der Waals surface area contributed by atoms with Crippen molar-refractivity contribution in [3.8, 4) is 0 Å². The monoisotopic (exact) mass is 229 g/mol. The molecule has 2 aromatic rings. The number of carbonyl (C=O) groups excluding carboxylic acids is 1. The van der Waals surface area contributed by atoms with Crippen LogP contribution in [0.3, 0.4) is 0 Å². The van der Waals surface area contributed by atoms with E-state index in [-0.39, 0.29) is 5.78 Å². The Hall–Kier alpha value is -1.74. The lowest BCUT2D eigenvalue weighted by molar-refractivity contribution is 0.0522. The third kappa shape index (κ3) is 2.34. The summed E-state index contributed by atoms with van der Waals surface area (Å²) >= 11 is 0. The van der Waals surface area contributed by atoms with Crippen LogP contribution in [-0.4, -0.2) is 23.5 Å². The SMILES string of the molecule is CCOC(C)C(=O)c1cccc2cccnc12. The molecule has 0 spiro atoms. The Kier molecular flexibility index (Phi) is 3.49. The summed E-state index contributed by atoms with van der Waals surface area (Å²) in [5.74, 6) is -0.0175. The summed E-state index contributed by atoms with van der Waals surface area (Å²) in [4.78, 5) is 16.5. The van der Waals surface area contributed by atoms with Gasteiger partial charge in [0.2, 0.25) is 0 Å². The quantitative estimate of drug-likeness (QED) is 0.757. The number of nitrogens with zero attached hydrogens (tertiary/aromatic N) is 1.